The smallest absolute Gasteiger partial charge is 0.214 e. The van der Waals surface area contributed by atoms with E-state index in [1.165, 1.54) is 41.7 Å². The number of benzene rings is 3. The first-order chi connectivity index (χ1) is 26.6. The number of nitriles is 6. The molecule has 0 spiro atoms. The van der Waals surface area contributed by atoms with Gasteiger partial charge in [0.2, 0.25) is 11.6 Å². The zero-order valence-corrected chi connectivity index (χ0v) is 28.0. The number of phenols is 1. The van der Waals surface area contributed by atoms with E-state index < -0.39 is 17.4 Å². The molecule has 0 unspecified atom stereocenters. The maximum Gasteiger partial charge on any atom is 0.214 e. The maximum absolute atomic E-state index is 13.2. The van der Waals surface area contributed by atoms with E-state index >= 15 is 0 Å². The van der Waals surface area contributed by atoms with Crippen molar-refractivity contribution in [2.75, 3.05) is 0 Å². The van der Waals surface area contributed by atoms with Crippen LogP contribution < -0.4 is 0 Å². The number of aromatic nitrogens is 6. The zero-order valence-electron chi connectivity index (χ0n) is 27.2. The van der Waals surface area contributed by atoms with Crippen LogP contribution in [0.3, 0.4) is 0 Å². The summed E-state index contributed by atoms with van der Waals surface area (Å²) in [5.74, 6) is -1.48. The molecule has 0 radical (unpaired) electrons. The third kappa shape index (κ3) is 5.82. The highest BCUT2D eigenvalue weighted by Crippen LogP contribution is 2.37. The monoisotopic (exact) mass is 734 g/mol. The first-order valence-corrected chi connectivity index (χ1v) is 16.1. The molecule has 0 bridgehead atoms. The Kier molecular flexibility index (Phi) is 8.60. The summed E-state index contributed by atoms with van der Waals surface area (Å²) in [5, 5.41) is 63.7. The largest absolute Gasteiger partial charge is 0.508 e. The van der Waals surface area contributed by atoms with Gasteiger partial charge >= 0.3 is 0 Å². The zero-order chi connectivity index (χ0) is 39.0. The number of hydrogen-bond donors (Lipinski definition) is 1. The lowest BCUT2D eigenvalue weighted by molar-refractivity contribution is 0.103. The van der Waals surface area contributed by atoms with Gasteiger partial charge in [-0.15, -0.1) is 11.3 Å². The highest BCUT2D eigenvalue weighted by molar-refractivity contribution is 7.25. The Morgan fingerprint density at radius 1 is 0.527 bits per heavy atom. The van der Waals surface area contributed by atoms with Gasteiger partial charge in [-0.2, -0.15) is 31.6 Å². The van der Waals surface area contributed by atoms with E-state index in [1.807, 2.05) is 36.4 Å². The summed E-state index contributed by atoms with van der Waals surface area (Å²) in [5.41, 5.74) is 2.09. The van der Waals surface area contributed by atoms with Crippen molar-refractivity contribution in [2.24, 2.45) is 0 Å². The number of aromatic hydroxyl groups is 1. The molecule has 254 valence electrons. The Balaban J connectivity index is 0.000000127. The van der Waals surface area contributed by atoms with Gasteiger partial charge in [0.25, 0.3) is 0 Å². The van der Waals surface area contributed by atoms with Crippen LogP contribution in [-0.4, -0.2) is 46.6 Å². The Hall–Kier alpha value is -8.87. The summed E-state index contributed by atoms with van der Waals surface area (Å²) in [6, 6.07) is 26.5. The molecule has 1 N–H and O–H groups in total. The lowest BCUT2D eigenvalue weighted by atomic mass is 10.1. The predicted octanol–water partition coefficient (Wildman–Crippen LogP) is 5.30. The van der Waals surface area contributed by atoms with Crippen LogP contribution in [0, 0.1) is 73.8 Å². The van der Waals surface area contributed by atoms with Gasteiger partial charge in [-0.3, -0.25) is 9.59 Å². The van der Waals surface area contributed by atoms with Gasteiger partial charge < -0.3 is 5.11 Å². The third-order valence-corrected chi connectivity index (χ3v) is 9.11. The van der Waals surface area contributed by atoms with Crippen LogP contribution in [0.25, 0.3) is 42.9 Å². The Morgan fingerprint density at radius 3 is 1.53 bits per heavy atom. The molecule has 9 rings (SSSR count). The fraction of sp³-hybridized carbons (Fsp3) is 0. The van der Waals surface area contributed by atoms with Gasteiger partial charge in [0.05, 0.1) is 0 Å². The highest BCUT2D eigenvalue weighted by Gasteiger charge is 2.33. The fourth-order valence-corrected chi connectivity index (χ4v) is 6.66. The molecular weight excluding hydrogens is 724 g/mol. The molecule has 3 aromatic carbocycles. The molecule has 17 heteroatoms. The molecular formula is C38H11FN12O3S. The van der Waals surface area contributed by atoms with Crippen LogP contribution in [-0.2, 0) is 0 Å². The first kappa shape index (κ1) is 34.6. The summed E-state index contributed by atoms with van der Waals surface area (Å²) in [7, 11) is 0. The molecule has 15 nitrogen and oxygen atoms in total. The molecule has 0 fully saturated rings. The van der Waals surface area contributed by atoms with Crippen LogP contribution in [0.15, 0.2) is 60.7 Å². The Bertz CT molecular complexity index is 3010. The van der Waals surface area contributed by atoms with Crippen molar-refractivity contribution < 1.29 is 19.1 Å². The molecule has 7 aromatic rings. The van der Waals surface area contributed by atoms with Gasteiger partial charge in [0.1, 0.15) is 81.1 Å². The minimum Gasteiger partial charge on any atom is -0.508 e. The molecule has 0 aliphatic heterocycles. The number of hydrogen-bond acceptors (Lipinski definition) is 16. The van der Waals surface area contributed by atoms with Gasteiger partial charge in [0, 0.05) is 32.3 Å². The second kappa shape index (κ2) is 13.7. The van der Waals surface area contributed by atoms with Gasteiger partial charge in [0.15, 0.2) is 34.2 Å². The van der Waals surface area contributed by atoms with E-state index in [4.69, 9.17) is 31.6 Å². The lowest BCUT2D eigenvalue weighted by Crippen LogP contribution is -2.04. The average Bonchev–Trinajstić information content (AvgIpc) is 3.81. The van der Waals surface area contributed by atoms with Crippen LogP contribution in [0.5, 0.6) is 5.75 Å². The molecule has 0 amide bonds. The van der Waals surface area contributed by atoms with E-state index in [0.717, 1.165) is 16.2 Å². The normalized spacial score (nSPS) is 11.0. The number of carbonyl (C=O) groups is 2. The summed E-state index contributed by atoms with van der Waals surface area (Å²) in [6.07, 6.45) is 0. The van der Waals surface area contributed by atoms with E-state index in [0.29, 0.717) is 21.5 Å². The number of ketones is 2. The van der Waals surface area contributed by atoms with Crippen molar-refractivity contribution in [3.05, 3.63) is 123 Å². The fourth-order valence-electron chi connectivity index (χ4n) is 5.65. The van der Waals surface area contributed by atoms with Crippen LogP contribution in [0.2, 0.25) is 0 Å². The number of phenolic OH excluding ortho intramolecular Hbond substituents is 1. The van der Waals surface area contributed by atoms with Gasteiger partial charge in [-0.1, -0.05) is 18.2 Å². The third-order valence-electron chi connectivity index (χ3n) is 8.05. The second-order valence-electron chi connectivity index (χ2n) is 11.2. The van der Waals surface area contributed by atoms with Crippen molar-refractivity contribution in [3.8, 4) is 64.7 Å². The maximum atomic E-state index is 13.2. The Morgan fingerprint density at radius 2 is 0.982 bits per heavy atom. The van der Waals surface area contributed by atoms with Crippen LogP contribution in [0.4, 0.5) is 4.39 Å². The average molecular weight is 735 g/mol. The van der Waals surface area contributed by atoms with Crippen molar-refractivity contribution >= 4 is 43.3 Å². The quantitative estimate of drug-likeness (QED) is 0.207. The molecule has 55 heavy (non-hydrogen) atoms. The minimum atomic E-state index is -0.541. The second-order valence-corrected chi connectivity index (χ2v) is 12.2. The number of halogens is 1. The van der Waals surface area contributed by atoms with E-state index in [1.54, 1.807) is 24.3 Å². The standard InChI is InChI=1S/C13H3FN4O.C13H4N4O2.C12H4N4S/c14-6-1-2-7-8(3-6)13(19)12-11(7)17-9(4-15)10(5-16)18-12;14-4-9-10(5-15)17-12-11(16-9)7-2-1-6(18)3-8(7)13(12)19;13-5-8-9(6-14)16-12-11(15-8)7-3-1-2-4-10(7)17-12/h1-3H;1-3,18H;1-4H. The van der Waals surface area contributed by atoms with Crippen LogP contribution >= 0.6 is 11.3 Å². The van der Waals surface area contributed by atoms with Gasteiger partial charge in [-0.25, -0.2) is 34.3 Å². The molecule has 2 aliphatic carbocycles. The molecule has 4 heterocycles. The topological polar surface area (TPSA) is 274 Å². The van der Waals surface area contributed by atoms with Crippen molar-refractivity contribution in [3.63, 3.8) is 0 Å². The van der Waals surface area contributed by atoms with E-state index in [-0.39, 0.29) is 73.8 Å². The van der Waals surface area contributed by atoms with Crippen molar-refractivity contribution in [1.82, 2.24) is 29.9 Å². The minimum absolute atomic E-state index is 0.0175. The van der Waals surface area contributed by atoms with Crippen molar-refractivity contribution in [2.45, 2.75) is 0 Å². The van der Waals surface area contributed by atoms with E-state index in [2.05, 4.69) is 29.9 Å². The summed E-state index contributed by atoms with van der Waals surface area (Å²) in [4.78, 5) is 49.0. The summed E-state index contributed by atoms with van der Waals surface area (Å²) >= 11 is 1.48. The molecule has 4 aromatic heterocycles. The summed E-state index contributed by atoms with van der Waals surface area (Å²) < 4.78 is 14.2. The molecule has 0 saturated heterocycles. The number of fused-ring (bicyclic) bond motifs is 9. The number of carbonyl (C=O) groups excluding carboxylic acids is 2. The molecule has 0 atom stereocenters. The molecule has 2 aliphatic rings. The number of rotatable bonds is 0. The Labute approximate surface area is 311 Å². The van der Waals surface area contributed by atoms with E-state index in [9.17, 15) is 19.1 Å². The van der Waals surface area contributed by atoms with Crippen molar-refractivity contribution in [1.29, 1.82) is 31.6 Å². The first-order valence-electron chi connectivity index (χ1n) is 15.3. The number of nitrogens with zero attached hydrogens (tertiary/aromatic N) is 12. The molecule has 0 saturated carbocycles. The SMILES string of the molecule is N#Cc1nc2c(nc1C#N)-c1ccc(F)cc1C2=O.N#Cc1nc2c(nc1C#N)-c1ccc(O)cc1C2=O.N#Cc1nc2sc3ccccc3c2nc1C#N. The predicted molar refractivity (Wildman–Crippen MR) is 187 cm³/mol. The van der Waals surface area contributed by atoms with Gasteiger partial charge in [-0.05, 0) is 42.5 Å². The summed E-state index contributed by atoms with van der Waals surface area (Å²) in [6.45, 7) is 0. The van der Waals surface area contributed by atoms with Crippen LogP contribution in [0.1, 0.15) is 66.3 Å². The number of thiophene rings is 1. The highest BCUT2D eigenvalue weighted by atomic mass is 32.1. The lowest BCUT2D eigenvalue weighted by Gasteiger charge is -1.99.